The molecule has 1 aromatic carbocycles. The first-order chi connectivity index (χ1) is 17.2. The minimum Gasteiger partial charge on any atom is -0.461 e. The third-order valence-corrected chi connectivity index (χ3v) is 8.93. The van der Waals surface area contributed by atoms with Crippen molar-refractivity contribution in [1.29, 1.82) is 0 Å². The van der Waals surface area contributed by atoms with E-state index in [-0.39, 0.29) is 12.5 Å². The molecule has 4 saturated heterocycles. The lowest BCUT2D eigenvalue weighted by molar-refractivity contribution is -0.429. The maximum Gasteiger partial charge on any atom is 0.338 e. The Hall–Kier alpha value is -1.67. The zero-order chi connectivity index (χ0) is 25.5. The summed E-state index contributed by atoms with van der Waals surface area (Å²) >= 11 is 0. The SMILES string of the molecule is CCO[C@]12C[C@]3(C)O[C@H](O1)[C@]1(COC(=O)c4ccccc4)[C@H]2C[C@@]13O[C@@H]1O[C@H](CO)[C@@H](O)[C@H](O)[C@H]1O. The van der Waals surface area contributed by atoms with E-state index in [2.05, 4.69) is 0 Å². The fourth-order valence-electron chi connectivity index (χ4n) is 7.27. The molecule has 7 aliphatic rings. The van der Waals surface area contributed by atoms with E-state index in [9.17, 15) is 25.2 Å². The van der Waals surface area contributed by atoms with Crippen molar-refractivity contribution in [3.05, 3.63) is 35.9 Å². The number of esters is 1. The maximum atomic E-state index is 12.9. The average Bonchev–Trinajstić information content (AvgIpc) is 3.06. The van der Waals surface area contributed by atoms with Gasteiger partial charge in [0.15, 0.2) is 18.4 Å². The number of aliphatic hydroxyl groups excluding tert-OH is 4. The summed E-state index contributed by atoms with van der Waals surface area (Å²) in [7, 11) is 0. The molecule has 4 N–H and O–H groups in total. The van der Waals surface area contributed by atoms with E-state index in [0.29, 0.717) is 25.0 Å². The number of hydrogen-bond donors (Lipinski definition) is 4. The molecule has 1 aromatic rings. The van der Waals surface area contributed by atoms with Gasteiger partial charge in [-0.15, -0.1) is 0 Å². The third kappa shape index (κ3) is 2.92. The smallest absolute Gasteiger partial charge is 0.338 e. The second-order valence-electron chi connectivity index (χ2n) is 10.6. The van der Waals surface area contributed by atoms with E-state index in [1.165, 1.54) is 0 Å². The molecule has 11 heteroatoms. The highest BCUT2D eigenvalue weighted by molar-refractivity contribution is 5.89. The number of ether oxygens (including phenoxy) is 6. The van der Waals surface area contributed by atoms with Crippen LogP contribution in [0.5, 0.6) is 0 Å². The van der Waals surface area contributed by atoms with Crippen LogP contribution >= 0.6 is 0 Å². The predicted octanol–water partition coefficient (Wildman–Crippen LogP) is -0.313. The molecule has 36 heavy (non-hydrogen) atoms. The Morgan fingerprint density at radius 3 is 2.56 bits per heavy atom. The van der Waals surface area contributed by atoms with Gasteiger partial charge < -0.3 is 48.8 Å². The zero-order valence-electron chi connectivity index (χ0n) is 20.1. The monoisotopic (exact) mass is 508 g/mol. The zero-order valence-corrected chi connectivity index (χ0v) is 20.1. The summed E-state index contributed by atoms with van der Waals surface area (Å²) < 4.78 is 36.8. The fraction of sp³-hybridized carbons (Fsp3) is 0.720. The van der Waals surface area contributed by atoms with Crippen LogP contribution in [0, 0.1) is 11.3 Å². The van der Waals surface area contributed by atoms with E-state index >= 15 is 0 Å². The normalized spacial score (nSPS) is 50.2. The Kier molecular flexibility index (Phi) is 5.59. The molecule has 11 atom stereocenters. The standard InChI is InChI=1S/C25H32O11/c1-3-32-24-11-22(2)25(34-20-18(29)17(28)16(27)14(10-26)33-20)9-15(24)23(25,21(35-22)36-24)12-31-19(30)13-7-5-4-6-8-13/h4-8,14-18,20-21,26-29H,3,9-12H2,1-2H3/t14-,15-,16-,17+,18-,20+,21-,22+,23+,24-,25+/m1/s1. The van der Waals surface area contributed by atoms with Crippen molar-refractivity contribution in [2.24, 2.45) is 11.3 Å². The van der Waals surface area contributed by atoms with E-state index in [1.807, 2.05) is 13.8 Å². The predicted molar refractivity (Wildman–Crippen MR) is 118 cm³/mol. The molecular formula is C25H32O11. The van der Waals surface area contributed by atoms with Crippen LogP contribution in [-0.4, -0.2) is 100 Å². The van der Waals surface area contributed by atoms with E-state index in [0.717, 1.165) is 0 Å². The largest absolute Gasteiger partial charge is 0.461 e. The van der Waals surface area contributed by atoms with Crippen LogP contribution < -0.4 is 0 Å². The number of carbonyl (C=O) groups excluding carboxylic acids is 1. The van der Waals surface area contributed by atoms with Crippen molar-refractivity contribution >= 4 is 5.97 Å². The summed E-state index contributed by atoms with van der Waals surface area (Å²) in [5.74, 6) is -1.65. The molecular weight excluding hydrogens is 476 g/mol. The molecule has 0 aromatic heterocycles. The van der Waals surface area contributed by atoms with E-state index in [1.54, 1.807) is 30.3 Å². The number of rotatable bonds is 8. The molecule has 8 rings (SSSR count). The minimum absolute atomic E-state index is 0.0854. The Labute approximate surface area is 207 Å². The molecule has 3 aliphatic carbocycles. The van der Waals surface area contributed by atoms with Crippen molar-refractivity contribution in [3.8, 4) is 0 Å². The summed E-state index contributed by atoms with van der Waals surface area (Å²) in [6, 6.07) is 8.62. The lowest BCUT2D eigenvalue weighted by Gasteiger charge is -2.68. The van der Waals surface area contributed by atoms with Crippen LogP contribution in [0.25, 0.3) is 0 Å². The van der Waals surface area contributed by atoms with Crippen LogP contribution in [-0.2, 0) is 28.4 Å². The number of hydrogen-bond acceptors (Lipinski definition) is 11. The Bertz CT molecular complexity index is 1020. The summed E-state index contributed by atoms with van der Waals surface area (Å²) in [6.07, 6.45) is -7.21. The molecule has 0 amide bonds. The quantitative estimate of drug-likeness (QED) is 0.342. The Morgan fingerprint density at radius 2 is 1.86 bits per heavy atom. The van der Waals surface area contributed by atoms with Crippen LogP contribution in [0.2, 0.25) is 0 Å². The number of carbonyl (C=O) groups is 1. The van der Waals surface area contributed by atoms with Gasteiger partial charge in [0, 0.05) is 18.9 Å². The molecule has 4 heterocycles. The van der Waals surface area contributed by atoms with Gasteiger partial charge in [0.1, 0.15) is 42.2 Å². The summed E-state index contributed by atoms with van der Waals surface area (Å²) in [6.45, 7) is 3.51. The number of benzene rings is 1. The summed E-state index contributed by atoms with van der Waals surface area (Å²) in [4.78, 5) is 12.9. The second-order valence-corrected chi connectivity index (χ2v) is 10.6. The van der Waals surface area contributed by atoms with Crippen molar-refractivity contribution in [2.45, 2.75) is 80.7 Å². The van der Waals surface area contributed by atoms with Gasteiger partial charge >= 0.3 is 5.97 Å². The van der Waals surface area contributed by atoms with Crippen molar-refractivity contribution in [3.63, 3.8) is 0 Å². The van der Waals surface area contributed by atoms with E-state index in [4.69, 9.17) is 28.4 Å². The first-order valence-corrected chi connectivity index (χ1v) is 12.4. The number of aliphatic hydroxyl groups is 4. The van der Waals surface area contributed by atoms with Gasteiger partial charge in [0.25, 0.3) is 0 Å². The van der Waals surface area contributed by atoms with Crippen LogP contribution in [0.1, 0.15) is 37.0 Å². The molecule has 198 valence electrons. The molecule has 3 saturated carbocycles. The van der Waals surface area contributed by atoms with Gasteiger partial charge in [-0.2, -0.15) is 0 Å². The van der Waals surface area contributed by atoms with Gasteiger partial charge in [-0.05, 0) is 32.4 Å². The van der Waals surface area contributed by atoms with Crippen molar-refractivity contribution < 1.29 is 53.6 Å². The first-order valence-electron chi connectivity index (χ1n) is 12.4. The van der Waals surface area contributed by atoms with Crippen LogP contribution in [0.4, 0.5) is 0 Å². The molecule has 11 nitrogen and oxygen atoms in total. The van der Waals surface area contributed by atoms with Gasteiger partial charge in [-0.25, -0.2) is 4.79 Å². The van der Waals surface area contributed by atoms with Gasteiger partial charge in [-0.1, -0.05) is 18.2 Å². The van der Waals surface area contributed by atoms with Gasteiger partial charge in [-0.3, -0.25) is 0 Å². The first kappa shape index (κ1) is 24.7. The lowest BCUT2D eigenvalue weighted by atomic mass is 9.41. The Balaban J connectivity index is 1.34. The lowest BCUT2D eigenvalue weighted by Crippen LogP contribution is -2.81. The highest BCUT2D eigenvalue weighted by atomic mass is 16.8. The molecule has 6 bridgehead atoms. The van der Waals surface area contributed by atoms with E-state index < -0.39 is 72.0 Å². The molecule has 0 unspecified atom stereocenters. The second kappa shape index (κ2) is 8.16. The minimum atomic E-state index is -1.59. The molecule has 0 spiro atoms. The Morgan fingerprint density at radius 1 is 1.11 bits per heavy atom. The van der Waals surface area contributed by atoms with Gasteiger partial charge in [0.2, 0.25) is 0 Å². The molecule has 0 radical (unpaired) electrons. The highest BCUT2D eigenvalue weighted by Gasteiger charge is 2.95. The van der Waals surface area contributed by atoms with Crippen LogP contribution in [0.15, 0.2) is 30.3 Å². The van der Waals surface area contributed by atoms with Crippen LogP contribution in [0.3, 0.4) is 0 Å². The summed E-state index contributed by atoms with van der Waals surface area (Å²) in [5.41, 5.74) is -2.62. The highest BCUT2D eigenvalue weighted by Crippen LogP contribution is 2.82. The maximum absolute atomic E-state index is 12.9. The summed E-state index contributed by atoms with van der Waals surface area (Å²) in [5, 5.41) is 40.8. The fourth-order valence-corrected chi connectivity index (χ4v) is 7.27. The van der Waals surface area contributed by atoms with Crippen molar-refractivity contribution in [1.82, 2.24) is 0 Å². The van der Waals surface area contributed by atoms with Crippen molar-refractivity contribution in [2.75, 3.05) is 19.8 Å². The molecule has 7 fully saturated rings. The van der Waals surface area contributed by atoms with Gasteiger partial charge in [0.05, 0.1) is 17.6 Å². The average molecular weight is 509 g/mol. The third-order valence-electron chi connectivity index (χ3n) is 8.93. The molecule has 4 aliphatic heterocycles. The topological polar surface area (TPSA) is 153 Å².